The minimum Gasteiger partial charge on any atom is -0.340 e. The summed E-state index contributed by atoms with van der Waals surface area (Å²) in [7, 11) is 0. The molecule has 0 aromatic rings. The average molecular weight is 278 g/mol. The van der Waals surface area contributed by atoms with Crippen LogP contribution in [0.2, 0.25) is 0 Å². The second-order valence-corrected chi connectivity index (χ2v) is 7.34. The molecule has 0 aromatic heterocycles. The first kappa shape index (κ1) is 13.9. The van der Waals surface area contributed by atoms with Crippen molar-refractivity contribution in [3.63, 3.8) is 0 Å². The summed E-state index contributed by atoms with van der Waals surface area (Å²) in [5.74, 6) is 1.93. The molecule has 1 heterocycles. The molecule has 0 bridgehead atoms. The van der Waals surface area contributed by atoms with Crippen LogP contribution in [-0.4, -0.2) is 35.3 Å². The minimum absolute atomic E-state index is 0.0168. The molecule has 1 saturated heterocycles. The highest BCUT2D eigenvalue weighted by Crippen LogP contribution is 2.42. The van der Waals surface area contributed by atoms with Crippen molar-refractivity contribution in [1.82, 2.24) is 10.2 Å². The van der Waals surface area contributed by atoms with E-state index in [9.17, 15) is 9.59 Å². The first-order valence-corrected chi connectivity index (χ1v) is 8.09. The van der Waals surface area contributed by atoms with Crippen LogP contribution >= 0.6 is 0 Å². The molecule has 3 fully saturated rings. The van der Waals surface area contributed by atoms with Crippen LogP contribution in [0.25, 0.3) is 0 Å². The standard InChI is InChI=1S/C16H26N2O2/c1-11-3-5-12(6-4-11)9-18-10-14(19)17-16(2,15(18)20)13-7-8-13/h11-13H,3-10H2,1-2H3,(H,17,19). The Morgan fingerprint density at radius 1 is 1.15 bits per heavy atom. The molecule has 2 aliphatic carbocycles. The summed E-state index contributed by atoms with van der Waals surface area (Å²) in [6.07, 6.45) is 7.06. The SMILES string of the molecule is CC1CCC(CN2CC(=O)NC(C)(C3CC3)C2=O)CC1. The molecule has 0 spiro atoms. The molecular formula is C16H26N2O2. The maximum Gasteiger partial charge on any atom is 0.248 e. The zero-order chi connectivity index (χ0) is 14.3. The predicted octanol–water partition coefficient (Wildman–Crippen LogP) is 1.94. The van der Waals surface area contributed by atoms with Crippen LogP contribution in [0.4, 0.5) is 0 Å². The number of rotatable bonds is 3. The van der Waals surface area contributed by atoms with Crippen molar-refractivity contribution in [2.45, 2.75) is 57.9 Å². The third-order valence-corrected chi connectivity index (χ3v) is 5.47. The number of carbonyl (C=O) groups excluding carboxylic acids is 2. The first-order chi connectivity index (χ1) is 9.49. The van der Waals surface area contributed by atoms with E-state index >= 15 is 0 Å². The lowest BCUT2D eigenvalue weighted by molar-refractivity contribution is -0.151. The molecule has 0 radical (unpaired) electrons. The van der Waals surface area contributed by atoms with Crippen LogP contribution in [0, 0.1) is 17.8 Å². The van der Waals surface area contributed by atoms with Gasteiger partial charge in [0.15, 0.2) is 0 Å². The predicted molar refractivity (Wildman–Crippen MR) is 77.0 cm³/mol. The van der Waals surface area contributed by atoms with E-state index in [-0.39, 0.29) is 18.4 Å². The molecule has 4 nitrogen and oxygen atoms in total. The summed E-state index contributed by atoms with van der Waals surface area (Å²) in [4.78, 5) is 26.5. The van der Waals surface area contributed by atoms with Gasteiger partial charge in [0, 0.05) is 6.54 Å². The van der Waals surface area contributed by atoms with Crippen molar-refractivity contribution in [1.29, 1.82) is 0 Å². The Labute approximate surface area is 121 Å². The largest absolute Gasteiger partial charge is 0.340 e. The van der Waals surface area contributed by atoms with Gasteiger partial charge in [-0.1, -0.05) is 19.8 Å². The molecule has 1 unspecified atom stereocenters. The van der Waals surface area contributed by atoms with E-state index in [4.69, 9.17) is 0 Å². The monoisotopic (exact) mass is 278 g/mol. The van der Waals surface area contributed by atoms with Crippen molar-refractivity contribution in [3.05, 3.63) is 0 Å². The molecule has 3 aliphatic rings. The fourth-order valence-electron chi connectivity index (χ4n) is 3.86. The highest BCUT2D eigenvalue weighted by molar-refractivity contribution is 5.98. The zero-order valence-corrected chi connectivity index (χ0v) is 12.7. The van der Waals surface area contributed by atoms with Gasteiger partial charge in [-0.25, -0.2) is 0 Å². The highest BCUT2D eigenvalue weighted by atomic mass is 16.2. The van der Waals surface area contributed by atoms with Crippen LogP contribution in [0.15, 0.2) is 0 Å². The molecular weight excluding hydrogens is 252 g/mol. The topological polar surface area (TPSA) is 49.4 Å². The molecule has 112 valence electrons. The van der Waals surface area contributed by atoms with Gasteiger partial charge in [-0.15, -0.1) is 0 Å². The van der Waals surface area contributed by atoms with E-state index in [1.165, 1.54) is 25.7 Å². The van der Waals surface area contributed by atoms with Gasteiger partial charge in [-0.3, -0.25) is 9.59 Å². The Hall–Kier alpha value is -1.06. The molecule has 2 saturated carbocycles. The summed E-state index contributed by atoms with van der Waals surface area (Å²) in [5.41, 5.74) is -0.628. The van der Waals surface area contributed by atoms with E-state index in [1.54, 1.807) is 0 Å². The van der Waals surface area contributed by atoms with E-state index in [1.807, 2.05) is 11.8 Å². The van der Waals surface area contributed by atoms with Crippen LogP contribution in [-0.2, 0) is 9.59 Å². The number of nitrogens with one attached hydrogen (secondary N) is 1. The lowest BCUT2D eigenvalue weighted by atomic mass is 9.82. The van der Waals surface area contributed by atoms with Gasteiger partial charge in [0.05, 0.1) is 6.54 Å². The van der Waals surface area contributed by atoms with Gasteiger partial charge in [0.1, 0.15) is 5.54 Å². The number of hydrogen-bond donors (Lipinski definition) is 1. The molecule has 4 heteroatoms. The summed E-state index contributed by atoms with van der Waals surface area (Å²) in [5, 5.41) is 2.95. The smallest absolute Gasteiger partial charge is 0.248 e. The summed E-state index contributed by atoms with van der Waals surface area (Å²) < 4.78 is 0. The van der Waals surface area contributed by atoms with Crippen molar-refractivity contribution < 1.29 is 9.59 Å². The van der Waals surface area contributed by atoms with Crippen LogP contribution in [0.5, 0.6) is 0 Å². The summed E-state index contributed by atoms with van der Waals surface area (Å²) in [6.45, 7) is 5.26. The minimum atomic E-state index is -0.628. The van der Waals surface area contributed by atoms with E-state index in [2.05, 4.69) is 12.2 Å². The number of amides is 2. The maximum atomic E-state index is 12.7. The Kier molecular flexibility index (Phi) is 3.51. The molecule has 20 heavy (non-hydrogen) atoms. The Morgan fingerprint density at radius 2 is 1.80 bits per heavy atom. The molecule has 1 atom stereocenters. The van der Waals surface area contributed by atoms with Gasteiger partial charge in [0.2, 0.25) is 11.8 Å². The van der Waals surface area contributed by atoms with Gasteiger partial charge < -0.3 is 10.2 Å². The fraction of sp³-hybridized carbons (Fsp3) is 0.875. The van der Waals surface area contributed by atoms with Crippen molar-refractivity contribution in [2.24, 2.45) is 17.8 Å². The fourth-order valence-corrected chi connectivity index (χ4v) is 3.86. The molecule has 0 aromatic carbocycles. The lowest BCUT2D eigenvalue weighted by Crippen LogP contribution is -2.66. The Morgan fingerprint density at radius 3 is 2.40 bits per heavy atom. The van der Waals surface area contributed by atoms with Gasteiger partial charge in [0.25, 0.3) is 0 Å². The first-order valence-electron chi connectivity index (χ1n) is 8.09. The third kappa shape index (κ3) is 2.57. The second kappa shape index (κ2) is 5.05. The molecule has 1 N–H and O–H groups in total. The number of nitrogens with zero attached hydrogens (tertiary/aromatic N) is 1. The Balaban J connectivity index is 1.66. The summed E-state index contributed by atoms with van der Waals surface area (Å²) in [6, 6.07) is 0. The van der Waals surface area contributed by atoms with Crippen LogP contribution in [0.1, 0.15) is 52.4 Å². The van der Waals surface area contributed by atoms with Gasteiger partial charge in [-0.05, 0) is 50.4 Å². The van der Waals surface area contributed by atoms with Crippen LogP contribution < -0.4 is 5.32 Å². The average Bonchev–Trinajstić information content (AvgIpc) is 3.23. The van der Waals surface area contributed by atoms with Crippen molar-refractivity contribution >= 4 is 11.8 Å². The molecule has 3 rings (SSSR count). The highest BCUT2D eigenvalue weighted by Gasteiger charge is 2.52. The number of hydrogen-bond acceptors (Lipinski definition) is 2. The normalized spacial score (nSPS) is 38.8. The lowest BCUT2D eigenvalue weighted by Gasteiger charge is -2.42. The molecule has 1 aliphatic heterocycles. The van der Waals surface area contributed by atoms with Crippen LogP contribution in [0.3, 0.4) is 0 Å². The number of piperazine rings is 1. The second-order valence-electron chi connectivity index (χ2n) is 7.34. The maximum absolute atomic E-state index is 12.7. The molecule has 2 amide bonds. The zero-order valence-electron chi connectivity index (χ0n) is 12.7. The summed E-state index contributed by atoms with van der Waals surface area (Å²) >= 11 is 0. The van der Waals surface area contributed by atoms with Crippen molar-refractivity contribution in [2.75, 3.05) is 13.1 Å². The van der Waals surface area contributed by atoms with Gasteiger partial charge >= 0.3 is 0 Å². The third-order valence-electron chi connectivity index (χ3n) is 5.47. The van der Waals surface area contributed by atoms with Gasteiger partial charge in [-0.2, -0.15) is 0 Å². The van der Waals surface area contributed by atoms with E-state index < -0.39 is 5.54 Å². The number of carbonyl (C=O) groups is 2. The van der Waals surface area contributed by atoms with Crippen molar-refractivity contribution in [3.8, 4) is 0 Å². The Bertz CT molecular complexity index is 411. The van der Waals surface area contributed by atoms with E-state index in [0.717, 1.165) is 25.3 Å². The quantitative estimate of drug-likeness (QED) is 0.857. The van der Waals surface area contributed by atoms with E-state index in [0.29, 0.717) is 11.8 Å².